The Morgan fingerprint density at radius 2 is 1.83 bits per heavy atom. The summed E-state index contributed by atoms with van der Waals surface area (Å²) in [6.07, 6.45) is 4.99. The lowest BCUT2D eigenvalue weighted by atomic mass is 9.75. The monoisotopic (exact) mass is 255 g/mol. The fourth-order valence-electron chi connectivity index (χ4n) is 2.83. The van der Waals surface area contributed by atoms with E-state index in [1.165, 1.54) is 25.7 Å². The Hall–Kier alpha value is -0.610. The van der Waals surface area contributed by atoms with Gasteiger partial charge in [0.2, 0.25) is 5.91 Å². The van der Waals surface area contributed by atoms with Crippen LogP contribution in [0.3, 0.4) is 0 Å². The van der Waals surface area contributed by atoms with Crippen molar-refractivity contribution in [2.24, 2.45) is 17.2 Å². The van der Waals surface area contributed by atoms with Crippen molar-refractivity contribution in [3.63, 3.8) is 0 Å². The van der Waals surface area contributed by atoms with Gasteiger partial charge in [0, 0.05) is 12.1 Å². The number of nitrogens with one attached hydrogen (secondary N) is 1. The maximum atomic E-state index is 11.6. The normalized spacial score (nSPS) is 23.7. The molecule has 0 radical (unpaired) electrons. The third-order valence-corrected chi connectivity index (χ3v) is 4.81. The molecule has 0 spiro atoms. The van der Waals surface area contributed by atoms with E-state index in [-0.39, 0.29) is 17.9 Å². The molecule has 0 aromatic heterocycles. The SMILES string of the molecule is CC(C(=O)NN)C(C)N(C)C1CCC(C)(C)CC1. The molecule has 0 aliphatic heterocycles. The van der Waals surface area contributed by atoms with Crippen LogP contribution in [0.1, 0.15) is 53.4 Å². The third-order valence-electron chi connectivity index (χ3n) is 4.81. The zero-order chi connectivity index (χ0) is 13.9. The molecule has 0 saturated heterocycles. The van der Waals surface area contributed by atoms with Gasteiger partial charge < -0.3 is 0 Å². The first-order chi connectivity index (χ1) is 8.28. The summed E-state index contributed by atoms with van der Waals surface area (Å²) in [6, 6.07) is 0.820. The maximum Gasteiger partial charge on any atom is 0.238 e. The number of amides is 1. The van der Waals surface area contributed by atoms with Crippen molar-refractivity contribution >= 4 is 5.91 Å². The molecular weight excluding hydrogens is 226 g/mol. The second kappa shape index (κ2) is 6.02. The fourth-order valence-corrected chi connectivity index (χ4v) is 2.83. The molecule has 1 aliphatic carbocycles. The minimum atomic E-state index is -0.0783. The number of rotatable bonds is 4. The molecular formula is C14H29N3O. The number of carbonyl (C=O) groups excluding carboxylic acids is 1. The van der Waals surface area contributed by atoms with Gasteiger partial charge in [-0.15, -0.1) is 0 Å². The van der Waals surface area contributed by atoms with Crippen LogP contribution in [0.5, 0.6) is 0 Å². The van der Waals surface area contributed by atoms with Gasteiger partial charge in [0.15, 0.2) is 0 Å². The van der Waals surface area contributed by atoms with E-state index in [4.69, 9.17) is 5.84 Å². The molecule has 3 N–H and O–H groups in total. The van der Waals surface area contributed by atoms with Gasteiger partial charge in [-0.05, 0) is 45.1 Å². The van der Waals surface area contributed by atoms with E-state index < -0.39 is 0 Å². The van der Waals surface area contributed by atoms with Crippen molar-refractivity contribution in [1.29, 1.82) is 0 Å². The Kier molecular flexibility index (Phi) is 5.17. The van der Waals surface area contributed by atoms with E-state index >= 15 is 0 Å². The highest BCUT2D eigenvalue weighted by molar-refractivity contribution is 5.78. The van der Waals surface area contributed by atoms with Crippen LogP contribution in [0.25, 0.3) is 0 Å². The molecule has 4 nitrogen and oxygen atoms in total. The molecule has 2 unspecified atom stereocenters. The molecule has 18 heavy (non-hydrogen) atoms. The van der Waals surface area contributed by atoms with Gasteiger partial charge >= 0.3 is 0 Å². The van der Waals surface area contributed by atoms with Crippen LogP contribution in [0.2, 0.25) is 0 Å². The number of nitrogens with zero attached hydrogens (tertiary/aromatic N) is 1. The summed E-state index contributed by atoms with van der Waals surface area (Å²) in [7, 11) is 2.13. The van der Waals surface area contributed by atoms with Crippen LogP contribution in [-0.2, 0) is 4.79 Å². The number of hydrogen-bond donors (Lipinski definition) is 2. The first-order valence-electron chi connectivity index (χ1n) is 7.01. The Morgan fingerprint density at radius 1 is 1.33 bits per heavy atom. The quantitative estimate of drug-likeness (QED) is 0.458. The first kappa shape index (κ1) is 15.4. The Labute approximate surface area is 111 Å². The second-order valence-corrected chi connectivity index (χ2v) is 6.60. The van der Waals surface area contributed by atoms with E-state index in [2.05, 4.69) is 38.1 Å². The fraction of sp³-hybridized carbons (Fsp3) is 0.929. The van der Waals surface area contributed by atoms with E-state index in [0.717, 1.165) is 0 Å². The van der Waals surface area contributed by atoms with Crippen LogP contribution in [0, 0.1) is 11.3 Å². The molecule has 0 aromatic rings. The maximum absolute atomic E-state index is 11.6. The average molecular weight is 255 g/mol. The van der Waals surface area contributed by atoms with Crippen LogP contribution >= 0.6 is 0 Å². The van der Waals surface area contributed by atoms with Gasteiger partial charge in [-0.3, -0.25) is 15.1 Å². The standard InChI is InChI=1S/C14H29N3O/c1-10(13(18)16-15)11(2)17(5)12-6-8-14(3,4)9-7-12/h10-12H,6-9,15H2,1-5H3,(H,16,18). The van der Waals surface area contributed by atoms with Gasteiger partial charge in [-0.25, -0.2) is 5.84 Å². The van der Waals surface area contributed by atoms with Gasteiger partial charge in [-0.1, -0.05) is 20.8 Å². The molecule has 0 heterocycles. The summed E-state index contributed by atoms with van der Waals surface area (Å²) >= 11 is 0. The molecule has 1 fully saturated rings. The lowest BCUT2D eigenvalue weighted by Crippen LogP contribution is -2.49. The van der Waals surface area contributed by atoms with Crippen molar-refractivity contribution in [1.82, 2.24) is 10.3 Å². The molecule has 2 atom stereocenters. The van der Waals surface area contributed by atoms with E-state index in [0.29, 0.717) is 11.5 Å². The summed E-state index contributed by atoms with van der Waals surface area (Å²) < 4.78 is 0. The first-order valence-corrected chi connectivity index (χ1v) is 7.01. The molecule has 106 valence electrons. The highest BCUT2D eigenvalue weighted by atomic mass is 16.2. The summed E-state index contributed by atoms with van der Waals surface area (Å²) in [6.45, 7) is 8.74. The predicted octanol–water partition coefficient (Wildman–Crippen LogP) is 1.90. The lowest BCUT2D eigenvalue weighted by Gasteiger charge is -2.42. The van der Waals surface area contributed by atoms with Crippen LogP contribution in [0.15, 0.2) is 0 Å². The van der Waals surface area contributed by atoms with Crippen molar-refractivity contribution in [2.45, 2.75) is 65.5 Å². The molecule has 0 bridgehead atoms. The lowest BCUT2D eigenvalue weighted by molar-refractivity contribution is -0.126. The average Bonchev–Trinajstić information content (AvgIpc) is 2.35. The van der Waals surface area contributed by atoms with Crippen molar-refractivity contribution in [2.75, 3.05) is 7.05 Å². The molecule has 1 aliphatic rings. The van der Waals surface area contributed by atoms with Gasteiger partial charge in [0.05, 0.1) is 5.92 Å². The van der Waals surface area contributed by atoms with Crippen molar-refractivity contribution in [3.05, 3.63) is 0 Å². The van der Waals surface area contributed by atoms with Crippen LogP contribution < -0.4 is 11.3 Å². The van der Waals surface area contributed by atoms with E-state index in [9.17, 15) is 4.79 Å². The summed E-state index contributed by atoms with van der Waals surface area (Å²) in [5.41, 5.74) is 2.74. The number of hydrazine groups is 1. The number of hydrogen-bond acceptors (Lipinski definition) is 3. The minimum Gasteiger partial charge on any atom is -0.300 e. The van der Waals surface area contributed by atoms with Gasteiger partial charge in [-0.2, -0.15) is 0 Å². The molecule has 0 aromatic carbocycles. The zero-order valence-electron chi connectivity index (χ0n) is 12.5. The van der Waals surface area contributed by atoms with Crippen LogP contribution in [0.4, 0.5) is 0 Å². The zero-order valence-corrected chi connectivity index (χ0v) is 12.5. The highest BCUT2D eigenvalue weighted by Crippen LogP contribution is 2.37. The number of nitrogens with two attached hydrogens (primary N) is 1. The van der Waals surface area contributed by atoms with Crippen LogP contribution in [-0.4, -0.2) is 29.9 Å². The smallest absolute Gasteiger partial charge is 0.238 e. The van der Waals surface area contributed by atoms with Crippen molar-refractivity contribution in [3.8, 4) is 0 Å². The summed E-state index contributed by atoms with van der Waals surface area (Å²) in [5, 5.41) is 0. The Morgan fingerprint density at radius 3 is 2.28 bits per heavy atom. The highest BCUT2D eigenvalue weighted by Gasteiger charge is 2.32. The van der Waals surface area contributed by atoms with Gasteiger partial charge in [0.1, 0.15) is 0 Å². The Bertz CT molecular complexity index is 281. The molecule has 1 amide bonds. The van der Waals surface area contributed by atoms with Gasteiger partial charge in [0.25, 0.3) is 0 Å². The number of carbonyl (C=O) groups is 1. The minimum absolute atomic E-state index is 0.0741. The van der Waals surface area contributed by atoms with E-state index in [1.807, 2.05) is 6.92 Å². The summed E-state index contributed by atoms with van der Waals surface area (Å²) in [5.74, 6) is 5.05. The Balaban J connectivity index is 2.54. The molecule has 4 heteroatoms. The largest absolute Gasteiger partial charge is 0.300 e. The molecule has 1 saturated carbocycles. The molecule has 1 rings (SSSR count). The van der Waals surface area contributed by atoms with E-state index in [1.54, 1.807) is 0 Å². The predicted molar refractivity (Wildman–Crippen MR) is 74.8 cm³/mol. The summed E-state index contributed by atoms with van der Waals surface area (Å²) in [4.78, 5) is 13.9. The third kappa shape index (κ3) is 3.69. The second-order valence-electron chi connectivity index (χ2n) is 6.60. The van der Waals surface area contributed by atoms with Crippen molar-refractivity contribution < 1.29 is 4.79 Å². The topological polar surface area (TPSA) is 58.4 Å².